The molecule has 0 fully saturated rings. The Morgan fingerprint density at radius 3 is 3.00 bits per heavy atom. The molecule has 6 heteroatoms. The summed E-state index contributed by atoms with van der Waals surface area (Å²) in [7, 11) is 0. The Morgan fingerprint density at radius 2 is 2.40 bits per heavy atom. The third-order valence-electron chi connectivity index (χ3n) is 1.77. The maximum atomic E-state index is 11.4. The maximum Gasteiger partial charge on any atom is 0.242 e. The van der Waals surface area contributed by atoms with Crippen molar-refractivity contribution in [1.29, 1.82) is 0 Å². The van der Waals surface area contributed by atoms with Crippen LogP contribution in [0.2, 0.25) is 0 Å². The molecule has 0 saturated heterocycles. The zero-order valence-electron chi connectivity index (χ0n) is 8.82. The second kappa shape index (κ2) is 5.14. The van der Waals surface area contributed by atoms with Crippen molar-refractivity contribution in [1.82, 2.24) is 15.3 Å². The summed E-state index contributed by atoms with van der Waals surface area (Å²) >= 11 is 0. The highest BCUT2D eigenvalue weighted by molar-refractivity contribution is 5.83. The smallest absolute Gasteiger partial charge is 0.242 e. The van der Waals surface area contributed by atoms with E-state index in [0.29, 0.717) is 18.3 Å². The second-order valence-corrected chi connectivity index (χ2v) is 3.07. The van der Waals surface area contributed by atoms with Gasteiger partial charge < -0.3 is 16.4 Å². The van der Waals surface area contributed by atoms with E-state index in [4.69, 9.17) is 5.73 Å². The van der Waals surface area contributed by atoms with Gasteiger partial charge in [-0.1, -0.05) is 0 Å². The Balaban J connectivity index is 2.58. The van der Waals surface area contributed by atoms with E-state index in [2.05, 4.69) is 20.6 Å². The van der Waals surface area contributed by atoms with E-state index >= 15 is 0 Å². The van der Waals surface area contributed by atoms with Crippen LogP contribution in [0.3, 0.4) is 0 Å². The number of anilines is 2. The zero-order valence-corrected chi connectivity index (χ0v) is 8.82. The fourth-order valence-corrected chi connectivity index (χ4v) is 1.03. The highest BCUT2D eigenvalue weighted by atomic mass is 16.2. The predicted molar refractivity (Wildman–Crippen MR) is 58.2 cm³/mol. The molecule has 1 aromatic heterocycles. The van der Waals surface area contributed by atoms with Gasteiger partial charge in [0.25, 0.3) is 0 Å². The lowest BCUT2D eigenvalue weighted by molar-refractivity contribution is -0.121. The van der Waals surface area contributed by atoms with Gasteiger partial charge in [0.1, 0.15) is 11.9 Å². The first kappa shape index (κ1) is 11.2. The van der Waals surface area contributed by atoms with Crippen LogP contribution in [0.15, 0.2) is 12.3 Å². The van der Waals surface area contributed by atoms with Crippen molar-refractivity contribution in [3.8, 4) is 0 Å². The van der Waals surface area contributed by atoms with E-state index in [1.54, 1.807) is 13.0 Å². The first-order valence-corrected chi connectivity index (χ1v) is 4.76. The van der Waals surface area contributed by atoms with Gasteiger partial charge in [0, 0.05) is 12.7 Å². The molecule has 4 N–H and O–H groups in total. The van der Waals surface area contributed by atoms with E-state index in [0.717, 1.165) is 0 Å². The van der Waals surface area contributed by atoms with Gasteiger partial charge in [-0.25, -0.2) is 4.98 Å². The van der Waals surface area contributed by atoms with Gasteiger partial charge in [0.15, 0.2) is 0 Å². The number of carbonyl (C=O) groups excluding carboxylic acids is 1. The van der Waals surface area contributed by atoms with Crippen LogP contribution in [0.4, 0.5) is 11.8 Å². The molecule has 1 rings (SSSR count). The molecule has 15 heavy (non-hydrogen) atoms. The summed E-state index contributed by atoms with van der Waals surface area (Å²) < 4.78 is 0. The Labute approximate surface area is 88.3 Å². The normalized spacial score (nSPS) is 11.9. The first-order valence-electron chi connectivity index (χ1n) is 4.76. The lowest BCUT2D eigenvalue weighted by Gasteiger charge is -2.12. The van der Waals surface area contributed by atoms with Gasteiger partial charge in [0.05, 0.1) is 0 Å². The van der Waals surface area contributed by atoms with Crippen molar-refractivity contribution in [3.05, 3.63) is 12.3 Å². The summed E-state index contributed by atoms with van der Waals surface area (Å²) in [5.41, 5.74) is 5.48. The van der Waals surface area contributed by atoms with E-state index in [1.807, 2.05) is 6.92 Å². The molecule has 1 atom stereocenters. The molecule has 0 bridgehead atoms. The fraction of sp³-hybridized carbons (Fsp3) is 0.444. The van der Waals surface area contributed by atoms with Crippen LogP contribution < -0.4 is 16.4 Å². The number of rotatable bonds is 4. The summed E-state index contributed by atoms with van der Waals surface area (Å²) in [5, 5.41) is 5.54. The van der Waals surface area contributed by atoms with Crippen LogP contribution >= 0.6 is 0 Å². The quantitative estimate of drug-likeness (QED) is 0.648. The van der Waals surface area contributed by atoms with E-state index in [9.17, 15) is 4.79 Å². The molecule has 82 valence electrons. The van der Waals surface area contributed by atoms with Gasteiger partial charge in [-0.3, -0.25) is 4.79 Å². The van der Waals surface area contributed by atoms with Crippen LogP contribution in [0.25, 0.3) is 0 Å². The van der Waals surface area contributed by atoms with Crippen LogP contribution in [-0.4, -0.2) is 28.5 Å². The number of nitrogens with zero attached hydrogens (tertiary/aromatic N) is 2. The van der Waals surface area contributed by atoms with Gasteiger partial charge in [-0.15, -0.1) is 0 Å². The van der Waals surface area contributed by atoms with Crippen molar-refractivity contribution in [2.75, 3.05) is 17.6 Å². The number of nitrogens with two attached hydrogens (primary N) is 1. The number of aromatic nitrogens is 2. The molecule has 1 aromatic rings. The highest BCUT2D eigenvalue weighted by Crippen LogP contribution is 2.02. The summed E-state index contributed by atoms with van der Waals surface area (Å²) in [6.45, 7) is 4.20. The average molecular weight is 209 g/mol. The van der Waals surface area contributed by atoms with Crippen molar-refractivity contribution >= 4 is 17.7 Å². The molecule has 1 amide bonds. The molecule has 1 heterocycles. The molecular formula is C9H15N5O. The fourth-order valence-electron chi connectivity index (χ4n) is 1.03. The van der Waals surface area contributed by atoms with Gasteiger partial charge in [-0.05, 0) is 19.9 Å². The number of hydrogen-bond acceptors (Lipinski definition) is 5. The van der Waals surface area contributed by atoms with Gasteiger partial charge >= 0.3 is 0 Å². The van der Waals surface area contributed by atoms with E-state index < -0.39 is 0 Å². The number of nitrogens with one attached hydrogen (secondary N) is 2. The minimum atomic E-state index is -0.383. The molecule has 0 radical (unpaired) electrons. The average Bonchev–Trinajstić information content (AvgIpc) is 2.18. The molecule has 0 aliphatic carbocycles. The number of nitrogen functional groups attached to an aromatic ring is 1. The Morgan fingerprint density at radius 1 is 1.67 bits per heavy atom. The molecule has 0 spiro atoms. The van der Waals surface area contributed by atoms with Gasteiger partial charge in [0.2, 0.25) is 11.9 Å². The first-order chi connectivity index (χ1) is 7.13. The SMILES string of the molecule is CCNC(=O)C(C)Nc1nccc(N)n1. The van der Waals surface area contributed by atoms with Crippen LogP contribution in [0.1, 0.15) is 13.8 Å². The molecule has 0 aliphatic heterocycles. The largest absolute Gasteiger partial charge is 0.384 e. The molecule has 6 nitrogen and oxygen atoms in total. The lowest BCUT2D eigenvalue weighted by atomic mass is 10.3. The van der Waals surface area contributed by atoms with Gasteiger partial charge in [-0.2, -0.15) is 4.98 Å². The van der Waals surface area contributed by atoms with E-state index in [-0.39, 0.29) is 11.9 Å². The van der Waals surface area contributed by atoms with Crippen molar-refractivity contribution in [3.63, 3.8) is 0 Å². The summed E-state index contributed by atoms with van der Waals surface area (Å²) in [6, 6.07) is 1.20. The topological polar surface area (TPSA) is 92.9 Å². The van der Waals surface area contributed by atoms with Crippen molar-refractivity contribution in [2.45, 2.75) is 19.9 Å². The summed E-state index contributed by atoms with van der Waals surface area (Å²) in [6.07, 6.45) is 1.54. The number of amides is 1. The lowest BCUT2D eigenvalue weighted by Crippen LogP contribution is -2.37. The second-order valence-electron chi connectivity index (χ2n) is 3.07. The van der Waals surface area contributed by atoms with Crippen molar-refractivity contribution < 1.29 is 4.79 Å². The number of hydrogen-bond donors (Lipinski definition) is 3. The van der Waals surface area contributed by atoms with Crippen LogP contribution in [0.5, 0.6) is 0 Å². The monoisotopic (exact) mass is 209 g/mol. The summed E-state index contributed by atoms with van der Waals surface area (Å²) in [4.78, 5) is 19.2. The molecule has 0 saturated carbocycles. The third-order valence-corrected chi connectivity index (χ3v) is 1.77. The third kappa shape index (κ3) is 3.41. The molecule has 0 aromatic carbocycles. The minimum Gasteiger partial charge on any atom is -0.384 e. The van der Waals surface area contributed by atoms with Crippen molar-refractivity contribution in [2.24, 2.45) is 0 Å². The van der Waals surface area contributed by atoms with Crippen LogP contribution in [-0.2, 0) is 4.79 Å². The minimum absolute atomic E-state index is 0.0940. The standard InChI is InChI=1S/C9H15N5O/c1-3-11-8(15)6(2)13-9-12-5-4-7(10)14-9/h4-6H,3H2,1-2H3,(H,11,15)(H3,10,12,13,14). The predicted octanol–water partition coefficient (Wildman–Crippen LogP) is -0.00470. The summed E-state index contributed by atoms with van der Waals surface area (Å²) in [5.74, 6) is 0.632. The number of carbonyl (C=O) groups is 1. The van der Waals surface area contributed by atoms with Crippen LogP contribution in [0, 0.1) is 0 Å². The Bertz CT molecular complexity index is 341. The maximum absolute atomic E-state index is 11.4. The molecule has 1 unspecified atom stereocenters. The highest BCUT2D eigenvalue weighted by Gasteiger charge is 2.12. The molecule has 0 aliphatic rings. The number of likely N-dealkylation sites (N-methyl/N-ethyl adjacent to an activating group) is 1. The molecular weight excluding hydrogens is 194 g/mol. The Hall–Kier alpha value is -1.85. The zero-order chi connectivity index (χ0) is 11.3. The Kier molecular flexibility index (Phi) is 3.84. The van der Waals surface area contributed by atoms with E-state index in [1.165, 1.54) is 6.20 Å².